The normalized spacial score (nSPS) is 23.6. The van der Waals surface area contributed by atoms with Crippen LogP contribution in [0.3, 0.4) is 0 Å². The lowest BCUT2D eigenvalue weighted by molar-refractivity contribution is -0.142. The molecule has 4 rings (SSSR count). The molecule has 0 radical (unpaired) electrons. The summed E-state index contributed by atoms with van der Waals surface area (Å²) < 4.78 is 5.09. The van der Waals surface area contributed by atoms with Crippen molar-refractivity contribution in [2.45, 2.75) is 25.2 Å². The Morgan fingerprint density at radius 3 is 2.38 bits per heavy atom. The molecular weight excluding hydrogens is 368 g/mol. The van der Waals surface area contributed by atoms with Gasteiger partial charge in [0.05, 0.1) is 18.9 Å². The molecule has 1 aliphatic heterocycles. The number of likely N-dealkylation sites (tertiary alicyclic amines) is 1. The molecule has 2 fully saturated rings. The highest BCUT2D eigenvalue weighted by Gasteiger charge is 2.50. The average Bonchev–Trinajstić information content (AvgIpc) is 2.99. The second kappa shape index (κ2) is 8.07. The Kier molecular flexibility index (Phi) is 5.34. The van der Waals surface area contributed by atoms with Crippen LogP contribution in [-0.4, -0.2) is 36.3 Å². The molecule has 6 nitrogen and oxygen atoms in total. The quantitative estimate of drug-likeness (QED) is 0.793. The molecule has 1 heterocycles. The van der Waals surface area contributed by atoms with Gasteiger partial charge in [-0.3, -0.25) is 19.3 Å². The van der Waals surface area contributed by atoms with Crippen molar-refractivity contribution < 1.29 is 19.1 Å². The van der Waals surface area contributed by atoms with E-state index in [1.807, 2.05) is 18.2 Å². The molecule has 0 aromatic heterocycles. The van der Waals surface area contributed by atoms with Gasteiger partial charge in [0.25, 0.3) is 0 Å². The molecule has 0 unspecified atom stereocenters. The smallest absolute Gasteiger partial charge is 0.244 e. The molecule has 150 valence electrons. The van der Waals surface area contributed by atoms with Gasteiger partial charge in [0.15, 0.2) is 0 Å². The number of amides is 3. The number of fused-ring (bicyclic) bond motifs is 1. The number of carbonyl (C=O) groups is 3. The molecule has 1 saturated heterocycles. The molecule has 6 heteroatoms. The predicted octanol–water partition coefficient (Wildman–Crippen LogP) is 3.20. The second-order valence-electron chi connectivity index (χ2n) is 7.67. The van der Waals surface area contributed by atoms with E-state index in [0.29, 0.717) is 24.3 Å². The zero-order valence-electron chi connectivity index (χ0n) is 16.3. The average molecular weight is 392 g/mol. The van der Waals surface area contributed by atoms with Crippen molar-refractivity contribution in [2.75, 3.05) is 19.0 Å². The van der Waals surface area contributed by atoms with Crippen LogP contribution in [0.2, 0.25) is 0 Å². The lowest BCUT2D eigenvalue weighted by Gasteiger charge is -2.28. The van der Waals surface area contributed by atoms with Gasteiger partial charge in [-0.2, -0.15) is 0 Å². The molecule has 3 amide bonds. The maximum absolute atomic E-state index is 12.9. The van der Waals surface area contributed by atoms with Gasteiger partial charge in [0.2, 0.25) is 17.7 Å². The number of benzene rings is 2. The highest BCUT2D eigenvalue weighted by Crippen LogP contribution is 2.44. The first-order valence-electron chi connectivity index (χ1n) is 9.91. The topological polar surface area (TPSA) is 75.7 Å². The number of hydrogen-bond acceptors (Lipinski definition) is 4. The molecular formula is C23H24N2O4. The van der Waals surface area contributed by atoms with Crippen LogP contribution >= 0.6 is 0 Å². The van der Waals surface area contributed by atoms with E-state index in [9.17, 15) is 14.4 Å². The fraction of sp³-hybridized carbons (Fsp3) is 0.348. The lowest BCUT2D eigenvalue weighted by atomic mass is 9.73. The van der Waals surface area contributed by atoms with Crippen molar-refractivity contribution in [3.63, 3.8) is 0 Å². The first-order valence-corrected chi connectivity index (χ1v) is 9.91. The zero-order valence-corrected chi connectivity index (χ0v) is 16.3. The Morgan fingerprint density at radius 1 is 1.00 bits per heavy atom. The molecule has 1 aliphatic carbocycles. The summed E-state index contributed by atoms with van der Waals surface area (Å²) in [7, 11) is 1.57. The van der Waals surface area contributed by atoms with Crippen LogP contribution in [0.1, 0.15) is 30.7 Å². The Bertz CT molecular complexity index is 910. The summed E-state index contributed by atoms with van der Waals surface area (Å²) in [6.45, 7) is -0.243. The van der Waals surface area contributed by atoms with Gasteiger partial charge in [-0.25, -0.2) is 0 Å². The van der Waals surface area contributed by atoms with Gasteiger partial charge in [-0.1, -0.05) is 30.3 Å². The van der Waals surface area contributed by atoms with E-state index >= 15 is 0 Å². The third-order valence-electron chi connectivity index (χ3n) is 5.96. The predicted molar refractivity (Wildman–Crippen MR) is 108 cm³/mol. The summed E-state index contributed by atoms with van der Waals surface area (Å²) in [5, 5.41) is 2.74. The summed E-state index contributed by atoms with van der Waals surface area (Å²) in [5.74, 6) is -0.462. The molecule has 1 N–H and O–H groups in total. The maximum atomic E-state index is 12.9. The van der Waals surface area contributed by atoms with Gasteiger partial charge in [0, 0.05) is 5.69 Å². The standard InChI is InChI=1S/C23H24N2O4/c1-29-18-10-8-17(9-11-18)24-21(26)14-25-22(27)19-12-7-16(13-20(19)23(25)28)15-5-3-2-4-6-15/h2-6,8-11,16,19-20H,7,12-14H2,1H3,(H,24,26)/t16-,19+,20+/m1/s1. The van der Waals surface area contributed by atoms with E-state index < -0.39 is 0 Å². The Balaban J connectivity index is 1.41. The van der Waals surface area contributed by atoms with Gasteiger partial charge >= 0.3 is 0 Å². The number of carbonyl (C=O) groups excluding carboxylic acids is 3. The lowest BCUT2D eigenvalue weighted by Crippen LogP contribution is -2.38. The van der Waals surface area contributed by atoms with Crippen molar-refractivity contribution in [3.05, 3.63) is 60.2 Å². The Labute approximate surface area is 169 Å². The highest BCUT2D eigenvalue weighted by molar-refractivity contribution is 6.08. The van der Waals surface area contributed by atoms with Crippen molar-refractivity contribution >= 4 is 23.4 Å². The van der Waals surface area contributed by atoms with E-state index in [-0.39, 0.29) is 42.0 Å². The summed E-state index contributed by atoms with van der Waals surface area (Å²) in [5.41, 5.74) is 1.80. The van der Waals surface area contributed by atoms with Crippen molar-refractivity contribution in [3.8, 4) is 5.75 Å². The maximum Gasteiger partial charge on any atom is 0.244 e. The van der Waals surface area contributed by atoms with E-state index in [4.69, 9.17) is 4.74 Å². The van der Waals surface area contributed by atoms with E-state index in [1.165, 1.54) is 5.56 Å². The summed E-state index contributed by atoms with van der Waals surface area (Å²) in [6, 6.07) is 17.0. The number of nitrogens with one attached hydrogen (secondary N) is 1. The Hall–Kier alpha value is -3.15. The molecule has 2 aromatic rings. The number of nitrogens with zero attached hydrogens (tertiary/aromatic N) is 1. The van der Waals surface area contributed by atoms with Crippen LogP contribution in [-0.2, 0) is 14.4 Å². The summed E-state index contributed by atoms with van der Waals surface area (Å²) >= 11 is 0. The number of rotatable bonds is 5. The number of imide groups is 1. The van der Waals surface area contributed by atoms with Gasteiger partial charge < -0.3 is 10.1 Å². The van der Waals surface area contributed by atoms with Gasteiger partial charge in [0.1, 0.15) is 12.3 Å². The number of methoxy groups -OCH3 is 1. The van der Waals surface area contributed by atoms with Crippen molar-refractivity contribution in [1.82, 2.24) is 4.90 Å². The van der Waals surface area contributed by atoms with Crippen LogP contribution in [0.5, 0.6) is 5.75 Å². The molecule has 2 aliphatic rings. The van der Waals surface area contributed by atoms with E-state index in [0.717, 1.165) is 11.3 Å². The summed E-state index contributed by atoms with van der Waals surface area (Å²) in [4.78, 5) is 39.2. The van der Waals surface area contributed by atoms with Crippen LogP contribution in [0.4, 0.5) is 5.69 Å². The molecule has 0 bridgehead atoms. The third kappa shape index (κ3) is 3.88. The fourth-order valence-corrected chi connectivity index (χ4v) is 4.45. The third-order valence-corrected chi connectivity index (χ3v) is 5.96. The van der Waals surface area contributed by atoms with Gasteiger partial charge in [-0.15, -0.1) is 0 Å². The van der Waals surface area contributed by atoms with Crippen LogP contribution in [0.15, 0.2) is 54.6 Å². The largest absolute Gasteiger partial charge is 0.497 e. The van der Waals surface area contributed by atoms with Crippen LogP contribution in [0, 0.1) is 11.8 Å². The minimum absolute atomic E-state index is 0.212. The first-order chi connectivity index (χ1) is 14.1. The monoisotopic (exact) mass is 392 g/mol. The number of ether oxygens (including phenoxy) is 1. The SMILES string of the molecule is COc1ccc(NC(=O)CN2C(=O)[C@H]3CC[C@@H](c4ccccc4)C[C@@H]3C2=O)cc1. The van der Waals surface area contributed by atoms with Crippen LogP contribution in [0.25, 0.3) is 0 Å². The highest BCUT2D eigenvalue weighted by atomic mass is 16.5. The minimum atomic E-state index is -0.380. The molecule has 3 atom stereocenters. The number of anilines is 1. The van der Waals surface area contributed by atoms with Gasteiger partial charge in [-0.05, 0) is 55.0 Å². The molecule has 29 heavy (non-hydrogen) atoms. The van der Waals surface area contributed by atoms with Crippen molar-refractivity contribution in [1.29, 1.82) is 0 Å². The van der Waals surface area contributed by atoms with Crippen LogP contribution < -0.4 is 10.1 Å². The molecule has 2 aromatic carbocycles. The zero-order chi connectivity index (χ0) is 20.4. The first kappa shape index (κ1) is 19.2. The Morgan fingerprint density at radius 2 is 1.69 bits per heavy atom. The summed E-state index contributed by atoms with van der Waals surface area (Å²) in [6.07, 6.45) is 2.23. The van der Waals surface area contributed by atoms with Crippen molar-refractivity contribution in [2.24, 2.45) is 11.8 Å². The molecule has 0 spiro atoms. The van der Waals surface area contributed by atoms with E-state index in [1.54, 1.807) is 31.4 Å². The minimum Gasteiger partial charge on any atom is -0.497 e. The van der Waals surface area contributed by atoms with E-state index in [2.05, 4.69) is 17.4 Å². The number of hydrogen-bond donors (Lipinski definition) is 1. The second-order valence-corrected chi connectivity index (χ2v) is 7.67. The fourth-order valence-electron chi connectivity index (χ4n) is 4.45. The molecule has 1 saturated carbocycles.